The molecular weight excluding hydrogens is 500 g/mol. The van der Waals surface area contributed by atoms with Crippen LogP contribution in [0.3, 0.4) is 0 Å². The zero-order valence-electron chi connectivity index (χ0n) is 20.8. The van der Waals surface area contributed by atoms with Crippen LogP contribution in [0, 0.1) is 0 Å². The lowest BCUT2D eigenvalue weighted by molar-refractivity contribution is -0.118. The fourth-order valence-corrected chi connectivity index (χ4v) is 5.43. The van der Waals surface area contributed by atoms with E-state index in [2.05, 4.69) is 25.1 Å². The van der Waals surface area contributed by atoms with Crippen LogP contribution in [0.2, 0.25) is 5.15 Å². The molecule has 1 aromatic heterocycles. The fourth-order valence-electron chi connectivity index (χ4n) is 4.52. The molecule has 194 valence electrons. The molecule has 36 heavy (non-hydrogen) atoms. The Morgan fingerprint density at radius 1 is 1.14 bits per heavy atom. The Kier molecular flexibility index (Phi) is 9.28. The third kappa shape index (κ3) is 7.02. The summed E-state index contributed by atoms with van der Waals surface area (Å²) >= 11 is 7.57. The van der Waals surface area contributed by atoms with E-state index in [9.17, 15) is 9.59 Å². The molecule has 1 atom stereocenters. The first kappa shape index (κ1) is 26.5. The van der Waals surface area contributed by atoms with Crippen molar-refractivity contribution in [3.05, 3.63) is 41.0 Å². The first-order valence-electron chi connectivity index (χ1n) is 12.3. The molecule has 1 N–H and O–H groups in total. The fraction of sp³-hybridized carbons (Fsp3) is 0.520. The van der Waals surface area contributed by atoms with Gasteiger partial charge >= 0.3 is 0 Å². The van der Waals surface area contributed by atoms with E-state index < -0.39 is 0 Å². The van der Waals surface area contributed by atoms with Crippen molar-refractivity contribution >= 4 is 41.0 Å². The van der Waals surface area contributed by atoms with Crippen molar-refractivity contribution in [3.63, 3.8) is 0 Å². The minimum absolute atomic E-state index is 0.00230. The van der Waals surface area contributed by atoms with Crippen molar-refractivity contribution < 1.29 is 14.3 Å². The molecule has 4 rings (SSSR count). The second-order valence-corrected chi connectivity index (χ2v) is 10.4. The number of benzene rings is 1. The molecule has 1 aromatic carbocycles. The van der Waals surface area contributed by atoms with Gasteiger partial charge in [0.1, 0.15) is 16.7 Å². The average Bonchev–Trinajstić information content (AvgIpc) is 3.40. The molecule has 0 bridgehead atoms. The Bertz CT molecular complexity index is 1050. The van der Waals surface area contributed by atoms with Crippen molar-refractivity contribution in [3.8, 4) is 5.75 Å². The van der Waals surface area contributed by atoms with Gasteiger partial charge in [0, 0.05) is 50.4 Å². The Balaban J connectivity index is 1.29. The summed E-state index contributed by atoms with van der Waals surface area (Å²) in [6.45, 7) is 7.61. The first-order valence-corrected chi connectivity index (χ1v) is 13.7. The topological polar surface area (TPSA) is 90.9 Å². The number of ether oxygens (including phenoxy) is 1. The lowest BCUT2D eigenvalue weighted by Crippen LogP contribution is -2.54. The number of likely N-dealkylation sites (tertiary alicyclic amines) is 1. The Hall–Kier alpha value is -2.56. The van der Waals surface area contributed by atoms with Crippen LogP contribution in [-0.2, 0) is 4.79 Å². The number of rotatable bonds is 9. The average molecular weight is 533 g/mol. The molecule has 3 heterocycles. The summed E-state index contributed by atoms with van der Waals surface area (Å²) in [5.74, 6) is 1.62. The standard InChI is InChI=1S/C25H33ClN6O3S/c1-18-16-31(13-14-32(18)24(34)19-5-7-20(35-2)8-6-19)22-15-21(26)28-25(29-22)36-17-23(33)27-9-12-30-10-3-4-11-30/h5-8,15,18H,3-4,9-14,16-17H2,1-2H3,(H,27,33). The molecule has 9 nitrogen and oxygen atoms in total. The van der Waals surface area contributed by atoms with Gasteiger partial charge in [0.05, 0.1) is 12.9 Å². The van der Waals surface area contributed by atoms with Gasteiger partial charge in [-0.2, -0.15) is 0 Å². The van der Waals surface area contributed by atoms with Crippen molar-refractivity contribution in [1.82, 2.24) is 25.1 Å². The lowest BCUT2D eigenvalue weighted by atomic mass is 10.1. The van der Waals surface area contributed by atoms with Gasteiger partial charge in [-0.1, -0.05) is 23.4 Å². The summed E-state index contributed by atoms with van der Waals surface area (Å²) in [6, 6.07) is 8.89. The van der Waals surface area contributed by atoms with E-state index in [4.69, 9.17) is 16.3 Å². The first-order chi connectivity index (χ1) is 17.4. The predicted molar refractivity (Wildman–Crippen MR) is 142 cm³/mol. The molecule has 2 saturated heterocycles. The number of amides is 2. The number of hydrogen-bond acceptors (Lipinski definition) is 8. The second-order valence-electron chi connectivity index (χ2n) is 9.04. The van der Waals surface area contributed by atoms with Gasteiger partial charge in [0.2, 0.25) is 5.91 Å². The van der Waals surface area contributed by atoms with E-state index >= 15 is 0 Å². The third-order valence-electron chi connectivity index (χ3n) is 6.49. The number of halogens is 1. The van der Waals surface area contributed by atoms with Crippen molar-refractivity contribution in [2.45, 2.75) is 31.0 Å². The molecule has 0 saturated carbocycles. The number of nitrogens with zero attached hydrogens (tertiary/aromatic N) is 5. The number of piperazine rings is 1. The Labute approximate surface area is 221 Å². The predicted octanol–water partition coefficient (Wildman–Crippen LogP) is 2.79. The molecular formula is C25H33ClN6O3S. The highest BCUT2D eigenvalue weighted by molar-refractivity contribution is 7.99. The molecule has 2 amide bonds. The van der Waals surface area contributed by atoms with Gasteiger partial charge in [0.15, 0.2) is 5.16 Å². The van der Waals surface area contributed by atoms with E-state index in [1.54, 1.807) is 37.4 Å². The second kappa shape index (κ2) is 12.6. The van der Waals surface area contributed by atoms with Crippen LogP contribution < -0.4 is 15.0 Å². The maximum atomic E-state index is 13.0. The molecule has 1 unspecified atom stereocenters. The number of methoxy groups -OCH3 is 1. The molecule has 2 aliphatic rings. The van der Waals surface area contributed by atoms with Gasteiger partial charge in [-0.25, -0.2) is 9.97 Å². The van der Waals surface area contributed by atoms with E-state index in [1.165, 1.54) is 24.6 Å². The molecule has 0 aliphatic carbocycles. The largest absolute Gasteiger partial charge is 0.497 e. The number of carbonyl (C=O) groups excluding carboxylic acids is 2. The molecule has 0 spiro atoms. The quantitative estimate of drug-likeness (QED) is 0.299. The summed E-state index contributed by atoms with van der Waals surface area (Å²) in [4.78, 5) is 40.6. The molecule has 11 heteroatoms. The lowest BCUT2D eigenvalue weighted by Gasteiger charge is -2.40. The van der Waals surface area contributed by atoms with Crippen LogP contribution in [0.1, 0.15) is 30.1 Å². The summed E-state index contributed by atoms with van der Waals surface area (Å²) < 4.78 is 5.18. The monoisotopic (exact) mass is 532 g/mol. The van der Waals surface area contributed by atoms with Crippen LogP contribution in [0.5, 0.6) is 5.75 Å². The van der Waals surface area contributed by atoms with Gasteiger partial charge in [-0.15, -0.1) is 0 Å². The zero-order valence-corrected chi connectivity index (χ0v) is 22.4. The van der Waals surface area contributed by atoms with Crippen molar-refractivity contribution in [1.29, 1.82) is 0 Å². The van der Waals surface area contributed by atoms with Gasteiger partial charge in [-0.3, -0.25) is 9.59 Å². The molecule has 2 fully saturated rings. The van der Waals surface area contributed by atoms with E-state index in [-0.39, 0.29) is 23.6 Å². The highest BCUT2D eigenvalue weighted by Gasteiger charge is 2.29. The minimum Gasteiger partial charge on any atom is -0.497 e. The van der Waals surface area contributed by atoms with Crippen LogP contribution in [-0.4, -0.2) is 96.3 Å². The van der Waals surface area contributed by atoms with Crippen LogP contribution in [0.4, 0.5) is 5.82 Å². The van der Waals surface area contributed by atoms with Crippen LogP contribution >= 0.6 is 23.4 Å². The van der Waals surface area contributed by atoms with Gasteiger partial charge in [-0.05, 0) is 57.1 Å². The molecule has 2 aromatic rings. The van der Waals surface area contributed by atoms with Gasteiger partial charge < -0.3 is 24.8 Å². The molecule has 2 aliphatic heterocycles. The highest BCUT2D eigenvalue weighted by atomic mass is 35.5. The number of anilines is 1. The maximum Gasteiger partial charge on any atom is 0.254 e. The number of hydrogen-bond donors (Lipinski definition) is 1. The van der Waals surface area contributed by atoms with E-state index in [0.29, 0.717) is 47.9 Å². The van der Waals surface area contributed by atoms with Crippen LogP contribution in [0.15, 0.2) is 35.5 Å². The van der Waals surface area contributed by atoms with E-state index in [1.807, 2.05) is 11.8 Å². The maximum absolute atomic E-state index is 13.0. The zero-order chi connectivity index (χ0) is 25.5. The smallest absolute Gasteiger partial charge is 0.254 e. The Morgan fingerprint density at radius 3 is 2.58 bits per heavy atom. The number of nitrogens with one attached hydrogen (secondary N) is 1. The third-order valence-corrected chi connectivity index (χ3v) is 7.53. The van der Waals surface area contributed by atoms with Crippen LogP contribution in [0.25, 0.3) is 0 Å². The summed E-state index contributed by atoms with van der Waals surface area (Å²) in [6.07, 6.45) is 2.48. The van der Waals surface area contributed by atoms with Crippen molar-refractivity contribution in [2.24, 2.45) is 0 Å². The minimum atomic E-state index is -0.0383. The summed E-state index contributed by atoms with van der Waals surface area (Å²) in [7, 11) is 1.60. The molecule has 0 radical (unpaired) electrons. The highest BCUT2D eigenvalue weighted by Crippen LogP contribution is 2.25. The Morgan fingerprint density at radius 2 is 1.89 bits per heavy atom. The number of thioether (sulfide) groups is 1. The van der Waals surface area contributed by atoms with Gasteiger partial charge in [0.25, 0.3) is 5.91 Å². The SMILES string of the molecule is COc1ccc(C(=O)N2CCN(c3cc(Cl)nc(SCC(=O)NCCN4CCCC4)n3)CC2C)cc1. The normalized spacial score (nSPS) is 18.4. The number of aromatic nitrogens is 2. The summed E-state index contributed by atoms with van der Waals surface area (Å²) in [5.41, 5.74) is 0.638. The summed E-state index contributed by atoms with van der Waals surface area (Å²) in [5, 5.41) is 3.77. The number of carbonyl (C=O) groups is 2. The van der Waals surface area contributed by atoms with E-state index in [0.717, 1.165) is 25.4 Å². The van der Waals surface area contributed by atoms with Crippen molar-refractivity contribution in [2.75, 3.05) is 63.6 Å².